The van der Waals surface area contributed by atoms with Gasteiger partial charge in [-0.2, -0.15) is 8.42 Å². The predicted octanol–water partition coefficient (Wildman–Crippen LogP) is 5.18. The molecule has 0 unspecified atom stereocenters. The molecule has 0 aliphatic rings. The Balaban J connectivity index is 3.52. The van der Waals surface area contributed by atoms with E-state index in [-0.39, 0.29) is 23.2 Å². The second kappa shape index (κ2) is 7.12. The molecule has 0 atom stereocenters. The van der Waals surface area contributed by atoms with Crippen molar-refractivity contribution < 1.29 is 17.7 Å². The molecule has 1 N–H and O–H groups in total. The molecule has 0 amide bonds. The van der Waals surface area contributed by atoms with E-state index in [0.717, 1.165) is 16.0 Å². The minimum absolute atomic E-state index is 0.113. The van der Waals surface area contributed by atoms with Gasteiger partial charge < -0.3 is 5.11 Å². The van der Waals surface area contributed by atoms with Crippen molar-refractivity contribution in [2.24, 2.45) is 0 Å². The van der Waals surface area contributed by atoms with E-state index in [1.165, 1.54) is 11.8 Å². The summed E-state index contributed by atoms with van der Waals surface area (Å²) in [5, 5.41) is 10.8. The van der Waals surface area contributed by atoms with Crippen molar-refractivity contribution in [3.05, 3.63) is 23.3 Å². The van der Waals surface area contributed by atoms with Crippen molar-refractivity contribution >= 4 is 21.9 Å². The van der Waals surface area contributed by atoms with Crippen molar-refractivity contribution in [3.63, 3.8) is 0 Å². The maximum atomic E-state index is 12.4. The van der Waals surface area contributed by atoms with Crippen LogP contribution in [0.5, 0.6) is 5.75 Å². The van der Waals surface area contributed by atoms with Gasteiger partial charge in [-0.25, -0.2) is 0 Å². The van der Waals surface area contributed by atoms with Crippen molar-refractivity contribution in [2.45, 2.75) is 82.1 Å². The molecule has 0 saturated carbocycles. The Labute approximate surface area is 157 Å². The third-order valence-electron chi connectivity index (χ3n) is 3.94. The Morgan fingerprint density at radius 1 is 0.960 bits per heavy atom. The van der Waals surface area contributed by atoms with Gasteiger partial charge in [0.1, 0.15) is 9.83 Å². The van der Waals surface area contributed by atoms with E-state index >= 15 is 0 Å². The summed E-state index contributed by atoms with van der Waals surface area (Å²) >= 11 is 1.24. The molecule has 0 radical (unpaired) electrons. The van der Waals surface area contributed by atoms with Gasteiger partial charge in [0.25, 0.3) is 10.1 Å². The molecule has 0 aliphatic heterocycles. The summed E-state index contributed by atoms with van der Waals surface area (Å²) in [4.78, 5) is 0.806. The maximum Gasteiger partial charge on any atom is 0.282 e. The summed E-state index contributed by atoms with van der Waals surface area (Å²) in [5.74, 6) is 0.287. The van der Waals surface area contributed by atoms with Gasteiger partial charge in [-0.3, -0.25) is 4.18 Å². The van der Waals surface area contributed by atoms with Gasteiger partial charge in [0, 0.05) is 16.0 Å². The van der Waals surface area contributed by atoms with Crippen LogP contribution >= 0.6 is 11.8 Å². The lowest BCUT2D eigenvalue weighted by molar-refractivity contribution is 0.330. The monoisotopic (exact) mass is 388 g/mol. The third kappa shape index (κ3) is 5.14. The van der Waals surface area contributed by atoms with Crippen LogP contribution in [0.25, 0.3) is 0 Å². The highest BCUT2D eigenvalue weighted by molar-refractivity contribution is 8.13. The van der Waals surface area contributed by atoms with E-state index in [9.17, 15) is 13.5 Å². The van der Waals surface area contributed by atoms with E-state index < -0.39 is 14.2 Å². The van der Waals surface area contributed by atoms with Crippen molar-refractivity contribution in [2.75, 3.05) is 6.61 Å². The Morgan fingerprint density at radius 3 is 1.68 bits per heavy atom. The first-order valence-electron chi connectivity index (χ1n) is 8.49. The number of benzene rings is 1. The van der Waals surface area contributed by atoms with Crippen molar-refractivity contribution in [1.82, 2.24) is 0 Å². The summed E-state index contributed by atoms with van der Waals surface area (Å²) in [7, 11) is -3.71. The fourth-order valence-electron chi connectivity index (χ4n) is 2.44. The van der Waals surface area contributed by atoms with Crippen LogP contribution in [0.4, 0.5) is 0 Å². The molecule has 0 spiro atoms. The molecular weight excluding hydrogens is 356 g/mol. The van der Waals surface area contributed by atoms with Gasteiger partial charge in [-0.1, -0.05) is 41.5 Å². The molecule has 1 rings (SSSR count). The van der Waals surface area contributed by atoms with Crippen LogP contribution in [0, 0.1) is 0 Å². The van der Waals surface area contributed by atoms with Gasteiger partial charge in [-0.05, 0) is 43.7 Å². The largest absolute Gasteiger partial charge is 0.507 e. The summed E-state index contributed by atoms with van der Waals surface area (Å²) in [5.41, 5.74) is 1.10. The van der Waals surface area contributed by atoms with Crippen LogP contribution in [0.3, 0.4) is 0 Å². The number of phenolic OH excluding ortho intramolecular Hbond substituents is 1. The summed E-state index contributed by atoms with van der Waals surface area (Å²) in [6.07, 6.45) is 0. The molecule has 0 heterocycles. The van der Waals surface area contributed by atoms with Gasteiger partial charge in [0.15, 0.2) is 0 Å². The molecule has 0 aliphatic carbocycles. The quantitative estimate of drug-likeness (QED) is 0.556. The van der Waals surface area contributed by atoms with Gasteiger partial charge >= 0.3 is 0 Å². The molecule has 25 heavy (non-hydrogen) atoms. The minimum atomic E-state index is -3.71. The Morgan fingerprint density at radius 2 is 1.36 bits per heavy atom. The highest BCUT2D eigenvalue weighted by Crippen LogP contribution is 2.45. The van der Waals surface area contributed by atoms with E-state index in [2.05, 4.69) is 0 Å². The van der Waals surface area contributed by atoms with Crippen LogP contribution in [0.15, 0.2) is 17.0 Å². The smallest absolute Gasteiger partial charge is 0.282 e. The Bertz CT molecular complexity index is 686. The zero-order chi connectivity index (χ0) is 19.8. The molecule has 1 aromatic carbocycles. The molecule has 0 aromatic heterocycles. The molecule has 0 fully saturated rings. The molecule has 0 saturated heterocycles. The van der Waals surface area contributed by atoms with Gasteiger partial charge in [0.05, 0.1) is 6.61 Å². The first-order chi connectivity index (χ1) is 11.0. The van der Waals surface area contributed by atoms with Gasteiger partial charge in [-0.15, -0.1) is 11.8 Å². The lowest BCUT2D eigenvalue weighted by atomic mass is 9.79. The molecule has 1 aromatic rings. The SMILES string of the molecule is CCOS(=O)(=O)C(C)(C)Sc1cc(C(C)(C)C)c(O)c(C(C)(C)C)c1. The molecular formula is C19H32O4S2. The van der Waals surface area contributed by atoms with Crippen molar-refractivity contribution in [3.8, 4) is 5.75 Å². The van der Waals surface area contributed by atoms with E-state index in [0.29, 0.717) is 0 Å². The minimum Gasteiger partial charge on any atom is -0.507 e. The second-order valence-corrected chi connectivity index (χ2v) is 12.8. The van der Waals surface area contributed by atoms with Crippen LogP contribution < -0.4 is 0 Å². The van der Waals surface area contributed by atoms with Crippen LogP contribution in [-0.2, 0) is 25.1 Å². The fraction of sp³-hybridized carbons (Fsp3) is 0.684. The highest BCUT2D eigenvalue weighted by Gasteiger charge is 2.37. The lowest BCUT2D eigenvalue weighted by Crippen LogP contribution is -2.30. The van der Waals surface area contributed by atoms with Gasteiger partial charge in [0.2, 0.25) is 0 Å². The highest BCUT2D eigenvalue weighted by atomic mass is 32.3. The zero-order valence-corrected chi connectivity index (χ0v) is 18.5. The molecule has 4 nitrogen and oxygen atoms in total. The maximum absolute atomic E-state index is 12.4. The average molecular weight is 389 g/mol. The first kappa shape index (κ1) is 22.3. The number of phenols is 1. The standard InChI is InChI=1S/C19H32O4S2/c1-10-23-25(21,22)19(8,9)24-13-11-14(17(2,3)4)16(20)15(12-13)18(5,6)7/h11-12,20H,10H2,1-9H3. The number of thioether (sulfide) groups is 1. The van der Waals surface area contributed by atoms with E-state index in [1.54, 1.807) is 20.8 Å². The summed E-state index contributed by atoms with van der Waals surface area (Å²) in [6, 6.07) is 3.77. The normalized spacial score (nSPS) is 14.0. The van der Waals surface area contributed by atoms with Crippen LogP contribution in [0.1, 0.15) is 73.4 Å². The second-order valence-electron chi connectivity index (χ2n) is 8.73. The molecule has 0 bridgehead atoms. The van der Waals surface area contributed by atoms with E-state index in [1.807, 2.05) is 53.7 Å². The third-order valence-corrected chi connectivity index (χ3v) is 7.51. The molecule has 144 valence electrons. The Kier molecular flexibility index (Phi) is 6.36. The first-order valence-corrected chi connectivity index (χ1v) is 10.7. The Hall–Kier alpha value is -0.720. The number of rotatable bonds is 5. The summed E-state index contributed by atoms with van der Waals surface area (Å²) < 4.78 is 28.6. The van der Waals surface area contributed by atoms with Crippen LogP contribution in [-0.4, -0.2) is 24.2 Å². The number of hydrogen-bond donors (Lipinski definition) is 1. The topological polar surface area (TPSA) is 63.6 Å². The van der Waals surface area contributed by atoms with E-state index in [4.69, 9.17) is 4.18 Å². The summed E-state index contributed by atoms with van der Waals surface area (Å²) in [6.45, 7) is 17.3. The predicted molar refractivity (Wildman–Crippen MR) is 106 cm³/mol. The van der Waals surface area contributed by atoms with Crippen LogP contribution in [0.2, 0.25) is 0 Å². The average Bonchev–Trinajstić information content (AvgIpc) is 2.37. The lowest BCUT2D eigenvalue weighted by Gasteiger charge is -2.30. The molecule has 6 heteroatoms. The van der Waals surface area contributed by atoms with Crippen molar-refractivity contribution in [1.29, 1.82) is 0 Å². The number of aromatic hydroxyl groups is 1. The number of hydrogen-bond acceptors (Lipinski definition) is 5. The fourth-order valence-corrected chi connectivity index (χ4v) is 4.80. The zero-order valence-electron chi connectivity index (χ0n) is 16.9.